The minimum atomic E-state index is -4.59. The Hall–Kier alpha value is -3.21. The number of benzene rings is 2. The molecule has 0 bridgehead atoms. The second kappa shape index (κ2) is 8.66. The van der Waals surface area contributed by atoms with Crippen molar-refractivity contribution in [2.24, 2.45) is 5.18 Å². The number of nitrogens with zero attached hydrogens (tertiary/aromatic N) is 2. The van der Waals surface area contributed by atoms with E-state index in [1.165, 1.54) is 24.3 Å². The van der Waals surface area contributed by atoms with Crippen LogP contribution in [0.3, 0.4) is 0 Å². The highest BCUT2D eigenvalue weighted by Gasteiger charge is 2.52. The summed E-state index contributed by atoms with van der Waals surface area (Å²) in [7, 11) is 0. The van der Waals surface area contributed by atoms with Crippen LogP contribution in [0.2, 0.25) is 5.02 Å². The lowest BCUT2D eigenvalue weighted by Crippen LogP contribution is -2.44. The van der Waals surface area contributed by atoms with Gasteiger partial charge in [-0.25, -0.2) is 0 Å². The molecule has 0 amide bonds. The van der Waals surface area contributed by atoms with Gasteiger partial charge in [0, 0.05) is 13.8 Å². The van der Waals surface area contributed by atoms with E-state index in [0.29, 0.717) is 6.07 Å². The molecule has 2 atom stereocenters. The number of nitro groups is 1. The monoisotopic (exact) mass is 446 g/mol. The molecule has 0 radical (unpaired) electrons. The van der Waals surface area contributed by atoms with E-state index in [-0.39, 0.29) is 22.1 Å². The summed E-state index contributed by atoms with van der Waals surface area (Å²) in [4.78, 5) is 33.1. The molecule has 2 unspecified atom stereocenters. The molecule has 8 nitrogen and oxygen atoms in total. The largest absolute Gasteiger partial charge is 0.456 e. The van der Waals surface area contributed by atoms with Crippen molar-refractivity contribution in [1.29, 1.82) is 0 Å². The van der Waals surface area contributed by atoms with E-state index < -0.39 is 34.4 Å². The number of halogens is 4. The maximum Gasteiger partial charge on any atom is 0.416 e. The van der Waals surface area contributed by atoms with Crippen molar-refractivity contribution < 1.29 is 32.4 Å². The van der Waals surface area contributed by atoms with Crippen molar-refractivity contribution in [3.05, 3.63) is 73.6 Å². The molecule has 0 aromatic heterocycles. The SMILES string of the molecule is CC(=O)OC(C)(C(N=O)c1cccc(Oc2ccc(C(F)(F)F)cc2Cl)c1)[N+](=O)[O-]. The van der Waals surface area contributed by atoms with Crippen molar-refractivity contribution in [2.75, 3.05) is 0 Å². The molecular weight excluding hydrogens is 433 g/mol. The van der Waals surface area contributed by atoms with Gasteiger partial charge < -0.3 is 9.47 Å². The number of carbonyl (C=O) groups excluding carboxylic acids is 1. The zero-order valence-corrected chi connectivity index (χ0v) is 16.2. The van der Waals surface area contributed by atoms with Crippen LogP contribution in [0.4, 0.5) is 13.2 Å². The maximum atomic E-state index is 12.7. The van der Waals surface area contributed by atoms with Gasteiger partial charge in [0.05, 0.1) is 15.5 Å². The zero-order valence-electron chi connectivity index (χ0n) is 15.5. The Morgan fingerprint density at radius 2 is 1.90 bits per heavy atom. The average Bonchev–Trinajstić information content (AvgIpc) is 2.62. The van der Waals surface area contributed by atoms with Crippen molar-refractivity contribution in [3.63, 3.8) is 0 Å². The summed E-state index contributed by atoms with van der Waals surface area (Å²) >= 11 is 5.85. The second-order valence-electron chi connectivity index (χ2n) is 6.23. The van der Waals surface area contributed by atoms with E-state index >= 15 is 0 Å². The highest BCUT2D eigenvalue weighted by Crippen LogP contribution is 2.38. The third kappa shape index (κ3) is 5.03. The molecule has 12 heteroatoms. The number of carbonyl (C=O) groups is 1. The first-order chi connectivity index (χ1) is 13.9. The lowest BCUT2D eigenvalue weighted by molar-refractivity contribution is -0.621. The number of esters is 1. The van der Waals surface area contributed by atoms with Gasteiger partial charge in [-0.15, -0.1) is 4.91 Å². The third-order valence-corrected chi connectivity index (χ3v) is 4.28. The van der Waals surface area contributed by atoms with Crippen LogP contribution in [0, 0.1) is 15.0 Å². The van der Waals surface area contributed by atoms with Crippen LogP contribution in [-0.2, 0) is 15.7 Å². The van der Waals surface area contributed by atoms with Crippen LogP contribution in [0.5, 0.6) is 11.5 Å². The van der Waals surface area contributed by atoms with Gasteiger partial charge >= 0.3 is 17.9 Å². The summed E-state index contributed by atoms with van der Waals surface area (Å²) in [5.74, 6) is -1.10. The Balaban J connectivity index is 2.38. The topological polar surface area (TPSA) is 108 Å². The normalized spacial score (nSPS) is 14.3. The van der Waals surface area contributed by atoms with Gasteiger partial charge in [-0.1, -0.05) is 23.7 Å². The molecule has 0 spiro atoms. The highest BCUT2D eigenvalue weighted by atomic mass is 35.5. The third-order valence-electron chi connectivity index (χ3n) is 3.99. The Morgan fingerprint density at radius 3 is 2.40 bits per heavy atom. The van der Waals surface area contributed by atoms with Crippen molar-refractivity contribution >= 4 is 17.6 Å². The Morgan fingerprint density at radius 1 is 1.23 bits per heavy atom. The summed E-state index contributed by atoms with van der Waals surface area (Å²) in [6.07, 6.45) is -4.59. The molecule has 2 aromatic rings. The number of rotatable bonds is 7. The smallest absolute Gasteiger partial charge is 0.416 e. The van der Waals surface area contributed by atoms with E-state index in [1.54, 1.807) is 0 Å². The Kier molecular flexibility index (Phi) is 6.66. The minimum absolute atomic E-state index is 0.0105. The Labute approximate surface area is 172 Å². The molecular formula is C18H14ClF3N2O6. The molecule has 0 saturated heterocycles. The van der Waals surface area contributed by atoms with Gasteiger partial charge in [0.15, 0.2) is 0 Å². The number of alkyl halides is 3. The lowest BCUT2D eigenvalue weighted by atomic mass is 9.98. The van der Waals surface area contributed by atoms with E-state index in [1.807, 2.05) is 0 Å². The van der Waals surface area contributed by atoms with E-state index in [0.717, 1.165) is 26.0 Å². The molecule has 0 heterocycles. The summed E-state index contributed by atoms with van der Waals surface area (Å²) in [5.41, 5.74) is -3.48. The van der Waals surface area contributed by atoms with Gasteiger partial charge in [-0.05, 0) is 41.1 Å². The number of hydrogen-bond donors (Lipinski definition) is 0. The van der Waals surface area contributed by atoms with Gasteiger partial charge in [0.25, 0.3) is 0 Å². The summed E-state index contributed by atoms with van der Waals surface area (Å²) in [6.45, 7) is 1.86. The molecule has 2 rings (SSSR count). The van der Waals surface area contributed by atoms with Crippen LogP contribution in [0.1, 0.15) is 31.0 Å². The summed E-state index contributed by atoms with van der Waals surface area (Å²) in [6, 6.07) is 6.00. The summed E-state index contributed by atoms with van der Waals surface area (Å²) in [5, 5.41) is 13.9. The molecule has 0 saturated carbocycles. The zero-order chi connectivity index (χ0) is 22.7. The first kappa shape index (κ1) is 23.1. The van der Waals surface area contributed by atoms with E-state index in [2.05, 4.69) is 5.18 Å². The fourth-order valence-corrected chi connectivity index (χ4v) is 2.81. The van der Waals surface area contributed by atoms with Crippen LogP contribution in [-0.4, -0.2) is 16.6 Å². The second-order valence-corrected chi connectivity index (χ2v) is 6.64. The first-order valence-corrected chi connectivity index (χ1v) is 8.57. The fraction of sp³-hybridized carbons (Fsp3) is 0.278. The standard InChI is InChI=1S/C18H14ClF3N2O6/c1-10(25)30-17(2,24(27)28)16(23-26)11-4-3-5-13(8-11)29-15-7-6-12(9-14(15)19)18(20,21)22/h3-9,16H,1-2H3. The molecule has 2 aromatic carbocycles. The first-order valence-electron chi connectivity index (χ1n) is 8.19. The fourth-order valence-electron chi connectivity index (χ4n) is 2.59. The molecule has 0 aliphatic heterocycles. The molecule has 0 N–H and O–H groups in total. The Bertz CT molecular complexity index is 985. The highest BCUT2D eigenvalue weighted by molar-refractivity contribution is 6.32. The van der Waals surface area contributed by atoms with E-state index in [9.17, 15) is 33.0 Å². The average molecular weight is 447 g/mol. The molecule has 0 aliphatic rings. The quantitative estimate of drug-likeness (QED) is 0.182. The molecule has 0 aliphatic carbocycles. The van der Waals surface area contributed by atoms with Gasteiger partial charge in [0.1, 0.15) is 11.5 Å². The van der Waals surface area contributed by atoms with Crippen molar-refractivity contribution in [1.82, 2.24) is 0 Å². The molecule has 0 fully saturated rings. The lowest BCUT2D eigenvalue weighted by Gasteiger charge is -2.24. The van der Waals surface area contributed by atoms with E-state index in [4.69, 9.17) is 21.1 Å². The molecule has 30 heavy (non-hydrogen) atoms. The molecule has 160 valence electrons. The number of hydrogen-bond acceptors (Lipinski definition) is 7. The maximum absolute atomic E-state index is 12.7. The van der Waals surface area contributed by atoms with Crippen LogP contribution < -0.4 is 4.74 Å². The van der Waals surface area contributed by atoms with Gasteiger partial charge in [-0.2, -0.15) is 13.2 Å². The predicted octanol–water partition coefficient (Wildman–Crippen LogP) is 5.51. The van der Waals surface area contributed by atoms with Crippen LogP contribution in [0.15, 0.2) is 47.6 Å². The minimum Gasteiger partial charge on any atom is -0.456 e. The predicted molar refractivity (Wildman–Crippen MR) is 98.7 cm³/mol. The van der Waals surface area contributed by atoms with Gasteiger partial charge in [0.2, 0.25) is 6.04 Å². The number of nitroso groups, excluding NO2 is 1. The van der Waals surface area contributed by atoms with Crippen molar-refractivity contribution in [3.8, 4) is 11.5 Å². The van der Waals surface area contributed by atoms with Crippen molar-refractivity contribution in [2.45, 2.75) is 31.8 Å². The van der Waals surface area contributed by atoms with Crippen LogP contribution >= 0.6 is 11.6 Å². The van der Waals surface area contributed by atoms with Crippen LogP contribution in [0.25, 0.3) is 0 Å². The van der Waals surface area contributed by atoms with Gasteiger partial charge in [-0.3, -0.25) is 14.9 Å². The number of ether oxygens (including phenoxy) is 2. The summed E-state index contributed by atoms with van der Waals surface area (Å²) < 4.78 is 48.4.